The third-order valence-electron chi connectivity index (χ3n) is 9.43. The predicted octanol–water partition coefficient (Wildman–Crippen LogP) is 3.52. The van der Waals surface area contributed by atoms with Crippen molar-refractivity contribution in [3.05, 3.63) is 66.2 Å². The van der Waals surface area contributed by atoms with Crippen molar-refractivity contribution in [2.24, 2.45) is 11.8 Å². The average Bonchev–Trinajstić information content (AvgIpc) is 3.79. The zero-order valence-electron chi connectivity index (χ0n) is 24.0. The molecule has 3 unspecified atom stereocenters. The molecule has 0 amide bonds. The molecule has 9 heterocycles. The topological polar surface area (TPSA) is 110 Å². The molecule has 0 spiro atoms. The van der Waals surface area contributed by atoms with Crippen molar-refractivity contribution >= 4 is 11.3 Å². The maximum Gasteiger partial charge on any atom is 0.212 e. The minimum atomic E-state index is -0.0970. The Bertz CT molecular complexity index is 1660. The molecular weight excluding hydrogens is 546 g/mol. The zero-order chi connectivity index (χ0) is 28.9. The number of piperidine rings is 1. The Morgan fingerprint density at radius 1 is 1.07 bits per heavy atom. The van der Waals surface area contributed by atoms with Crippen LogP contribution in [0.4, 0.5) is 5.82 Å². The largest absolute Gasteiger partial charge is 0.492 e. The molecule has 0 aliphatic carbocycles. The van der Waals surface area contributed by atoms with Gasteiger partial charge in [-0.3, -0.25) is 4.90 Å². The Labute approximate surface area is 249 Å². The molecule has 220 valence electrons. The summed E-state index contributed by atoms with van der Waals surface area (Å²) in [6.07, 6.45) is 9.36. The van der Waals surface area contributed by atoms with Crippen molar-refractivity contribution in [2.75, 3.05) is 44.9 Å². The van der Waals surface area contributed by atoms with Gasteiger partial charge < -0.3 is 23.8 Å². The highest BCUT2D eigenvalue weighted by molar-refractivity contribution is 5.85. The summed E-state index contributed by atoms with van der Waals surface area (Å²) in [4.78, 5) is 14.2. The highest BCUT2D eigenvalue weighted by Gasteiger charge is 2.45. The van der Waals surface area contributed by atoms with Crippen LogP contribution >= 0.6 is 0 Å². The van der Waals surface area contributed by atoms with E-state index in [1.165, 1.54) is 12.0 Å². The third kappa shape index (κ3) is 4.76. The van der Waals surface area contributed by atoms with Crippen molar-refractivity contribution in [3.8, 4) is 28.8 Å². The SMILES string of the molecule is COc1ccc(CN2C3CC2CN(c2ccc(-c4cc(OCC5CO[C@@H]6OCC[C@H]56)cn5ncc(C#N)c45)cn2)C3)cn1. The summed E-state index contributed by atoms with van der Waals surface area (Å²) in [6.45, 7) is 4.72. The number of hydrogen-bond acceptors (Lipinski definition) is 10. The number of piperazine rings is 1. The fourth-order valence-electron chi connectivity index (χ4n) is 7.11. The van der Waals surface area contributed by atoms with Crippen molar-refractivity contribution in [3.63, 3.8) is 0 Å². The van der Waals surface area contributed by atoms with Crippen LogP contribution < -0.4 is 14.4 Å². The highest BCUT2D eigenvalue weighted by atomic mass is 16.7. The molecule has 4 aromatic rings. The number of nitrogens with zero attached hydrogens (tertiary/aromatic N) is 7. The molecule has 5 fully saturated rings. The van der Waals surface area contributed by atoms with Gasteiger partial charge in [0.15, 0.2) is 6.29 Å². The van der Waals surface area contributed by atoms with Crippen LogP contribution in [0.3, 0.4) is 0 Å². The summed E-state index contributed by atoms with van der Waals surface area (Å²) in [5.74, 6) is 2.98. The Morgan fingerprint density at radius 3 is 2.74 bits per heavy atom. The van der Waals surface area contributed by atoms with Gasteiger partial charge in [-0.15, -0.1) is 0 Å². The number of aromatic nitrogens is 4. The number of ether oxygens (including phenoxy) is 4. The maximum atomic E-state index is 9.78. The molecule has 0 N–H and O–H groups in total. The first-order chi connectivity index (χ1) is 21.2. The summed E-state index contributed by atoms with van der Waals surface area (Å²) >= 11 is 0. The van der Waals surface area contributed by atoms with E-state index >= 15 is 0 Å². The maximum absolute atomic E-state index is 9.78. The summed E-state index contributed by atoms with van der Waals surface area (Å²) in [6, 6.07) is 13.5. The quantitative estimate of drug-likeness (QED) is 0.308. The van der Waals surface area contributed by atoms with E-state index in [0.717, 1.165) is 55.1 Å². The Kier molecular flexibility index (Phi) is 6.62. The normalized spacial score (nSPS) is 26.2. The first-order valence-electron chi connectivity index (χ1n) is 14.9. The summed E-state index contributed by atoms with van der Waals surface area (Å²) < 4.78 is 24.7. The van der Waals surface area contributed by atoms with Gasteiger partial charge in [0.05, 0.1) is 50.4 Å². The van der Waals surface area contributed by atoms with Crippen LogP contribution in [0.25, 0.3) is 16.6 Å². The molecule has 0 radical (unpaired) electrons. The molecule has 5 saturated heterocycles. The summed E-state index contributed by atoms with van der Waals surface area (Å²) in [5.41, 5.74) is 4.26. The van der Waals surface area contributed by atoms with Crippen LogP contribution in [0, 0.1) is 23.2 Å². The van der Waals surface area contributed by atoms with Gasteiger partial charge in [0.1, 0.15) is 17.6 Å². The van der Waals surface area contributed by atoms with E-state index in [1.54, 1.807) is 17.8 Å². The monoisotopic (exact) mass is 579 g/mol. The predicted molar refractivity (Wildman–Crippen MR) is 157 cm³/mol. The molecule has 5 aliphatic heterocycles. The van der Waals surface area contributed by atoms with Crippen LogP contribution in [-0.4, -0.2) is 82.9 Å². The van der Waals surface area contributed by atoms with E-state index in [1.807, 2.05) is 30.7 Å². The number of anilines is 1. The lowest BCUT2D eigenvalue weighted by atomic mass is 9.87. The second kappa shape index (κ2) is 10.8. The van der Waals surface area contributed by atoms with Gasteiger partial charge in [0.2, 0.25) is 5.88 Å². The minimum Gasteiger partial charge on any atom is -0.492 e. The molecule has 0 saturated carbocycles. The minimum absolute atomic E-state index is 0.0970. The van der Waals surface area contributed by atoms with Crippen LogP contribution in [0.2, 0.25) is 0 Å². The molecule has 5 aliphatic rings. The number of hydrogen-bond donors (Lipinski definition) is 0. The Morgan fingerprint density at radius 2 is 1.98 bits per heavy atom. The Hall–Kier alpha value is -4.24. The number of fused-ring (bicyclic) bond motifs is 4. The lowest BCUT2D eigenvalue weighted by molar-refractivity contribution is -0.0905. The van der Waals surface area contributed by atoms with Crippen LogP contribution in [0.1, 0.15) is 24.0 Å². The van der Waals surface area contributed by atoms with Gasteiger partial charge in [0, 0.05) is 73.1 Å². The fraction of sp³-hybridized carbons (Fsp3) is 0.438. The van der Waals surface area contributed by atoms with Crippen LogP contribution in [0.15, 0.2) is 55.1 Å². The number of methoxy groups -OCH3 is 1. The molecular formula is C32H33N7O4. The van der Waals surface area contributed by atoms with E-state index in [-0.39, 0.29) is 6.29 Å². The standard InChI is InChI=1S/C32H33N7O4/c1-40-30-5-2-20(11-35-30)14-38-24-8-25(38)16-37(15-24)29-4-3-21(12-34-29)28-9-26(17-39-31(28)22(10-33)13-36-39)42-18-23-19-43-32-27(23)6-7-41-32/h2-5,9,11-13,17,23-25,27,32H,6-8,14-16,18-19H2,1H3/t23?,24?,25?,27-,32+/m1/s1. The second-order valence-electron chi connectivity index (χ2n) is 11.9. The first-order valence-corrected chi connectivity index (χ1v) is 14.9. The Balaban J connectivity index is 0.982. The van der Waals surface area contributed by atoms with E-state index < -0.39 is 0 Å². The molecule has 4 aromatic heterocycles. The molecule has 5 atom stereocenters. The van der Waals surface area contributed by atoms with E-state index in [0.29, 0.717) is 54.3 Å². The molecule has 11 heteroatoms. The van der Waals surface area contributed by atoms with Crippen molar-refractivity contribution in [1.82, 2.24) is 24.5 Å². The van der Waals surface area contributed by atoms with Crippen molar-refractivity contribution < 1.29 is 18.9 Å². The molecule has 11 nitrogen and oxygen atoms in total. The zero-order valence-corrected chi connectivity index (χ0v) is 24.0. The second-order valence-corrected chi connectivity index (χ2v) is 11.9. The van der Waals surface area contributed by atoms with Crippen molar-refractivity contribution in [1.29, 1.82) is 5.26 Å². The lowest BCUT2D eigenvalue weighted by Crippen LogP contribution is -2.68. The molecule has 9 rings (SSSR count). The highest BCUT2D eigenvalue weighted by Crippen LogP contribution is 2.38. The van der Waals surface area contributed by atoms with Gasteiger partial charge in [-0.2, -0.15) is 10.4 Å². The average molecular weight is 580 g/mol. The molecule has 2 bridgehead atoms. The van der Waals surface area contributed by atoms with E-state index in [4.69, 9.17) is 23.9 Å². The first kappa shape index (κ1) is 26.4. The molecule has 43 heavy (non-hydrogen) atoms. The van der Waals surface area contributed by atoms with Gasteiger partial charge in [-0.05, 0) is 36.6 Å². The van der Waals surface area contributed by atoms with Gasteiger partial charge in [-0.25, -0.2) is 14.5 Å². The number of nitriles is 1. The third-order valence-corrected chi connectivity index (χ3v) is 9.43. The van der Waals surface area contributed by atoms with Gasteiger partial charge >= 0.3 is 0 Å². The summed E-state index contributed by atoms with van der Waals surface area (Å²) in [5, 5.41) is 14.2. The van der Waals surface area contributed by atoms with E-state index in [2.05, 4.69) is 44.2 Å². The van der Waals surface area contributed by atoms with E-state index in [9.17, 15) is 5.26 Å². The smallest absolute Gasteiger partial charge is 0.212 e. The molecule has 0 aromatic carbocycles. The van der Waals surface area contributed by atoms with Crippen LogP contribution in [-0.2, 0) is 16.0 Å². The fourth-order valence-corrected chi connectivity index (χ4v) is 7.11. The number of pyridine rings is 3. The van der Waals surface area contributed by atoms with Crippen LogP contribution in [0.5, 0.6) is 11.6 Å². The van der Waals surface area contributed by atoms with Gasteiger partial charge in [-0.1, -0.05) is 6.07 Å². The lowest BCUT2D eigenvalue weighted by Gasteiger charge is -2.56. The van der Waals surface area contributed by atoms with Crippen molar-refractivity contribution in [2.45, 2.75) is 37.8 Å². The number of rotatable bonds is 8. The summed E-state index contributed by atoms with van der Waals surface area (Å²) in [7, 11) is 1.64. The van der Waals surface area contributed by atoms with Gasteiger partial charge in [0.25, 0.3) is 0 Å².